The molecule has 0 amide bonds. The second-order valence-electron chi connectivity index (χ2n) is 7.53. The smallest absolute Gasteiger partial charge is 0.337 e. The number of anilines is 2. The Balaban J connectivity index is 1.98. The van der Waals surface area contributed by atoms with Gasteiger partial charge in [-0.05, 0) is 50.6 Å². The van der Waals surface area contributed by atoms with E-state index in [-0.39, 0.29) is 21.8 Å². The summed E-state index contributed by atoms with van der Waals surface area (Å²) in [7, 11) is -4.11. The molecule has 0 saturated heterocycles. The summed E-state index contributed by atoms with van der Waals surface area (Å²) in [5.41, 5.74) is -0.494. The Morgan fingerprint density at radius 1 is 1.18 bits per heavy atom. The first kappa shape index (κ1) is 19.9. The van der Waals surface area contributed by atoms with Crippen LogP contribution in [0.1, 0.15) is 36.7 Å². The van der Waals surface area contributed by atoms with Crippen molar-refractivity contribution in [2.45, 2.75) is 37.6 Å². The van der Waals surface area contributed by atoms with E-state index in [0.29, 0.717) is 18.8 Å². The standard InChI is InChI=1S/C19H21FN2O5S/c1-19(2,3)21-16-9-13(18(23)24)15(10-14(16)20)22-28(25,26)12-4-5-17-11(8-12)6-7-27-17/h4-5,8-10,21-22H,6-7H2,1-3H3,(H,23,24). The molecule has 2 aromatic carbocycles. The second kappa shape index (κ2) is 6.97. The highest BCUT2D eigenvalue weighted by atomic mass is 32.2. The maximum atomic E-state index is 14.5. The molecule has 150 valence electrons. The molecule has 0 spiro atoms. The van der Waals surface area contributed by atoms with E-state index in [2.05, 4.69) is 10.0 Å². The van der Waals surface area contributed by atoms with Crippen LogP contribution in [0, 0.1) is 5.82 Å². The Morgan fingerprint density at radius 2 is 1.89 bits per heavy atom. The van der Waals surface area contributed by atoms with Gasteiger partial charge in [0.2, 0.25) is 0 Å². The molecule has 0 saturated carbocycles. The predicted octanol–water partition coefficient (Wildman–Crippen LogP) is 3.47. The Labute approximate surface area is 162 Å². The topological polar surface area (TPSA) is 105 Å². The van der Waals surface area contributed by atoms with Crippen molar-refractivity contribution in [2.24, 2.45) is 0 Å². The van der Waals surface area contributed by atoms with E-state index in [9.17, 15) is 22.7 Å². The third-order valence-electron chi connectivity index (χ3n) is 4.06. The molecule has 9 heteroatoms. The molecule has 0 radical (unpaired) electrons. The van der Waals surface area contributed by atoms with E-state index < -0.39 is 27.3 Å². The molecule has 1 aliphatic heterocycles. The van der Waals surface area contributed by atoms with E-state index in [4.69, 9.17) is 4.74 Å². The van der Waals surface area contributed by atoms with Gasteiger partial charge in [-0.25, -0.2) is 17.6 Å². The number of carboxylic acid groups (broad SMARTS) is 1. The summed E-state index contributed by atoms with van der Waals surface area (Å²) in [6, 6.07) is 6.32. The zero-order chi connectivity index (χ0) is 20.7. The van der Waals surface area contributed by atoms with Crippen LogP contribution in [0.3, 0.4) is 0 Å². The first-order valence-corrected chi connectivity index (χ1v) is 10.1. The van der Waals surface area contributed by atoms with Crippen LogP contribution >= 0.6 is 0 Å². The number of aromatic carboxylic acids is 1. The molecule has 0 atom stereocenters. The van der Waals surface area contributed by atoms with Crippen molar-refractivity contribution < 1.29 is 27.4 Å². The van der Waals surface area contributed by atoms with Gasteiger partial charge >= 0.3 is 5.97 Å². The van der Waals surface area contributed by atoms with Crippen LogP contribution < -0.4 is 14.8 Å². The van der Waals surface area contributed by atoms with E-state index in [0.717, 1.165) is 17.7 Å². The lowest BCUT2D eigenvalue weighted by atomic mass is 10.1. The zero-order valence-electron chi connectivity index (χ0n) is 15.7. The number of nitrogens with one attached hydrogen (secondary N) is 2. The van der Waals surface area contributed by atoms with Gasteiger partial charge in [0.25, 0.3) is 10.0 Å². The molecular formula is C19H21FN2O5S. The second-order valence-corrected chi connectivity index (χ2v) is 9.21. The van der Waals surface area contributed by atoms with Crippen molar-refractivity contribution in [3.63, 3.8) is 0 Å². The molecule has 2 aromatic rings. The number of hydrogen-bond acceptors (Lipinski definition) is 5. The molecule has 0 aromatic heterocycles. The number of ether oxygens (including phenoxy) is 1. The highest BCUT2D eigenvalue weighted by Crippen LogP contribution is 2.31. The number of carbonyl (C=O) groups is 1. The molecule has 1 aliphatic rings. The fourth-order valence-electron chi connectivity index (χ4n) is 2.87. The van der Waals surface area contributed by atoms with E-state index in [1.54, 1.807) is 26.8 Å². The number of benzene rings is 2. The van der Waals surface area contributed by atoms with Gasteiger partial charge < -0.3 is 15.2 Å². The Morgan fingerprint density at radius 3 is 2.54 bits per heavy atom. The van der Waals surface area contributed by atoms with Gasteiger partial charge in [-0.3, -0.25) is 4.72 Å². The van der Waals surface area contributed by atoms with Crippen molar-refractivity contribution in [3.05, 3.63) is 47.3 Å². The Bertz CT molecular complexity index is 1050. The predicted molar refractivity (Wildman–Crippen MR) is 103 cm³/mol. The van der Waals surface area contributed by atoms with Gasteiger partial charge in [0.05, 0.1) is 28.4 Å². The van der Waals surface area contributed by atoms with Crippen molar-refractivity contribution in [2.75, 3.05) is 16.6 Å². The van der Waals surface area contributed by atoms with Crippen molar-refractivity contribution >= 4 is 27.4 Å². The molecule has 3 rings (SSSR count). The molecule has 0 bridgehead atoms. The number of rotatable bonds is 5. The highest BCUT2D eigenvalue weighted by molar-refractivity contribution is 7.92. The Kier molecular flexibility index (Phi) is 4.97. The van der Waals surface area contributed by atoms with Crippen LogP contribution in [0.25, 0.3) is 0 Å². The van der Waals surface area contributed by atoms with Crippen LogP contribution in [0.15, 0.2) is 35.2 Å². The monoisotopic (exact) mass is 408 g/mol. The molecule has 1 heterocycles. The summed E-state index contributed by atoms with van der Waals surface area (Å²) in [5.74, 6) is -1.52. The van der Waals surface area contributed by atoms with Crippen molar-refractivity contribution in [3.8, 4) is 5.75 Å². The summed E-state index contributed by atoms with van der Waals surface area (Å²) in [6.45, 7) is 5.85. The first-order chi connectivity index (χ1) is 13.0. The molecule has 3 N–H and O–H groups in total. The Hall–Kier alpha value is -2.81. The average Bonchev–Trinajstić information content (AvgIpc) is 3.03. The summed E-state index contributed by atoms with van der Waals surface area (Å²) in [6.07, 6.45) is 0.584. The van der Waals surface area contributed by atoms with Crippen LogP contribution in [0.4, 0.5) is 15.8 Å². The normalized spacial score (nSPS) is 13.6. The molecular weight excluding hydrogens is 387 g/mol. The summed E-state index contributed by atoms with van der Waals surface area (Å²) in [5, 5.41) is 12.3. The van der Waals surface area contributed by atoms with E-state index >= 15 is 0 Å². The van der Waals surface area contributed by atoms with E-state index in [1.165, 1.54) is 12.1 Å². The fraction of sp³-hybridized carbons (Fsp3) is 0.316. The van der Waals surface area contributed by atoms with Gasteiger partial charge in [0.15, 0.2) is 0 Å². The third kappa shape index (κ3) is 4.19. The summed E-state index contributed by atoms with van der Waals surface area (Å²) < 4.78 is 47.5. The lowest BCUT2D eigenvalue weighted by Crippen LogP contribution is -2.27. The third-order valence-corrected chi connectivity index (χ3v) is 5.43. The number of halogens is 1. The van der Waals surface area contributed by atoms with Crippen LogP contribution in [-0.4, -0.2) is 31.6 Å². The quantitative estimate of drug-likeness (QED) is 0.700. The SMILES string of the molecule is CC(C)(C)Nc1cc(C(=O)O)c(NS(=O)(=O)c2ccc3c(c2)CCO3)cc1F. The number of carboxylic acids is 1. The largest absolute Gasteiger partial charge is 0.493 e. The maximum absolute atomic E-state index is 14.5. The first-order valence-electron chi connectivity index (χ1n) is 8.60. The molecule has 7 nitrogen and oxygen atoms in total. The molecule has 28 heavy (non-hydrogen) atoms. The number of hydrogen-bond donors (Lipinski definition) is 3. The summed E-state index contributed by atoms with van der Waals surface area (Å²) >= 11 is 0. The number of sulfonamides is 1. The lowest BCUT2D eigenvalue weighted by Gasteiger charge is -2.23. The molecule has 0 aliphatic carbocycles. The minimum absolute atomic E-state index is 0.0254. The molecule has 0 fully saturated rings. The van der Waals surface area contributed by atoms with Gasteiger partial charge in [-0.1, -0.05) is 0 Å². The van der Waals surface area contributed by atoms with Crippen molar-refractivity contribution in [1.82, 2.24) is 0 Å². The average molecular weight is 408 g/mol. The zero-order valence-corrected chi connectivity index (χ0v) is 16.5. The highest BCUT2D eigenvalue weighted by Gasteiger charge is 2.24. The fourth-order valence-corrected chi connectivity index (χ4v) is 3.99. The maximum Gasteiger partial charge on any atom is 0.337 e. The minimum atomic E-state index is -4.11. The van der Waals surface area contributed by atoms with Gasteiger partial charge in [0.1, 0.15) is 11.6 Å². The summed E-state index contributed by atoms with van der Waals surface area (Å²) in [4.78, 5) is 11.6. The van der Waals surface area contributed by atoms with Crippen LogP contribution in [-0.2, 0) is 16.4 Å². The van der Waals surface area contributed by atoms with Crippen LogP contribution in [0.5, 0.6) is 5.75 Å². The van der Waals surface area contributed by atoms with Gasteiger partial charge in [-0.2, -0.15) is 0 Å². The van der Waals surface area contributed by atoms with Crippen molar-refractivity contribution in [1.29, 1.82) is 0 Å². The molecule has 0 unspecified atom stereocenters. The number of fused-ring (bicyclic) bond motifs is 1. The van der Waals surface area contributed by atoms with Crippen LogP contribution in [0.2, 0.25) is 0 Å². The minimum Gasteiger partial charge on any atom is -0.493 e. The lowest BCUT2D eigenvalue weighted by molar-refractivity contribution is 0.0698. The van der Waals surface area contributed by atoms with Gasteiger partial charge in [0, 0.05) is 18.0 Å². The van der Waals surface area contributed by atoms with E-state index in [1.807, 2.05) is 0 Å². The van der Waals surface area contributed by atoms with Gasteiger partial charge in [-0.15, -0.1) is 0 Å².